The number of carbonyl (C=O) groups is 1. The first-order valence-electron chi connectivity index (χ1n) is 8.52. The van der Waals surface area contributed by atoms with Crippen molar-refractivity contribution in [3.05, 3.63) is 54.2 Å². The Bertz CT molecular complexity index is 911. The van der Waals surface area contributed by atoms with Gasteiger partial charge in [-0.2, -0.15) is 4.98 Å². The van der Waals surface area contributed by atoms with E-state index in [9.17, 15) is 4.79 Å². The van der Waals surface area contributed by atoms with Crippen LogP contribution in [0.25, 0.3) is 11.4 Å². The predicted molar refractivity (Wildman–Crippen MR) is 92.2 cm³/mol. The summed E-state index contributed by atoms with van der Waals surface area (Å²) < 4.78 is 5.09. The fourth-order valence-electron chi connectivity index (χ4n) is 3.30. The second kappa shape index (κ2) is 6.99. The Kier molecular flexibility index (Phi) is 4.39. The third-order valence-electron chi connectivity index (χ3n) is 4.52. The van der Waals surface area contributed by atoms with Crippen LogP contribution in [0.4, 0.5) is 0 Å². The molecule has 0 aromatic carbocycles. The Morgan fingerprint density at radius 3 is 3.00 bits per heavy atom. The van der Waals surface area contributed by atoms with Gasteiger partial charge >= 0.3 is 0 Å². The fraction of sp³-hybridized carbons (Fsp3) is 0.333. The predicted octanol–water partition coefficient (Wildman–Crippen LogP) is 2.25. The van der Waals surface area contributed by atoms with E-state index < -0.39 is 0 Å². The molecule has 1 aliphatic rings. The average Bonchev–Trinajstić information content (AvgIpc) is 3.14. The van der Waals surface area contributed by atoms with E-state index >= 15 is 0 Å². The van der Waals surface area contributed by atoms with E-state index in [1.165, 1.54) is 6.33 Å². The van der Waals surface area contributed by atoms with Crippen LogP contribution >= 0.6 is 0 Å². The van der Waals surface area contributed by atoms with Crippen LogP contribution in [0, 0.1) is 6.92 Å². The maximum Gasteiger partial charge on any atom is 0.255 e. The molecule has 3 aromatic heterocycles. The fourth-order valence-corrected chi connectivity index (χ4v) is 3.30. The van der Waals surface area contributed by atoms with E-state index in [0.717, 1.165) is 30.6 Å². The second-order valence-corrected chi connectivity index (χ2v) is 6.29. The highest BCUT2D eigenvalue weighted by molar-refractivity contribution is 5.94. The van der Waals surface area contributed by atoms with Crippen molar-refractivity contribution in [1.29, 1.82) is 0 Å². The normalized spacial score (nSPS) is 17.3. The molecule has 1 atom stereocenters. The van der Waals surface area contributed by atoms with E-state index in [4.69, 9.17) is 4.52 Å². The summed E-state index contributed by atoms with van der Waals surface area (Å²) in [6.07, 6.45) is 8.34. The van der Waals surface area contributed by atoms with Crippen molar-refractivity contribution >= 4 is 5.91 Å². The minimum atomic E-state index is -0.00573. The molecule has 4 rings (SSSR count). The molecule has 1 fully saturated rings. The lowest BCUT2D eigenvalue weighted by Crippen LogP contribution is -2.39. The minimum Gasteiger partial charge on any atom is -0.339 e. The highest BCUT2D eigenvalue weighted by atomic mass is 16.5. The summed E-state index contributed by atoms with van der Waals surface area (Å²) in [7, 11) is 0. The summed E-state index contributed by atoms with van der Waals surface area (Å²) in [6.45, 7) is 3.06. The van der Waals surface area contributed by atoms with Gasteiger partial charge in [-0.3, -0.25) is 9.78 Å². The molecule has 8 heteroatoms. The van der Waals surface area contributed by atoms with Gasteiger partial charge in [0.05, 0.1) is 16.8 Å². The smallest absolute Gasteiger partial charge is 0.255 e. The number of carbonyl (C=O) groups excluding carboxylic acids is 1. The van der Waals surface area contributed by atoms with Gasteiger partial charge in [0, 0.05) is 44.5 Å². The van der Waals surface area contributed by atoms with Gasteiger partial charge in [0.25, 0.3) is 5.91 Å². The van der Waals surface area contributed by atoms with Gasteiger partial charge in [0.2, 0.25) is 11.7 Å². The van der Waals surface area contributed by atoms with E-state index in [0.29, 0.717) is 23.8 Å². The number of pyridine rings is 1. The van der Waals surface area contributed by atoms with Gasteiger partial charge in [0.1, 0.15) is 6.33 Å². The molecular formula is C18H18N6O2. The highest BCUT2D eigenvalue weighted by Gasteiger charge is 2.29. The second-order valence-electron chi connectivity index (χ2n) is 6.29. The SMILES string of the molecule is Cc1nc(-c2cncnc2C2CCCN(C(=O)c3cccnc3)C2)no1. The Morgan fingerprint density at radius 2 is 2.23 bits per heavy atom. The van der Waals surface area contributed by atoms with Crippen molar-refractivity contribution in [1.82, 2.24) is 30.0 Å². The number of hydrogen-bond acceptors (Lipinski definition) is 7. The molecule has 4 heterocycles. The van der Waals surface area contributed by atoms with Crippen molar-refractivity contribution in [2.24, 2.45) is 0 Å². The van der Waals surface area contributed by atoms with Crippen LogP contribution in [0.1, 0.15) is 40.7 Å². The molecule has 0 radical (unpaired) electrons. The van der Waals surface area contributed by atoms with E-state index in [1.54, 1.807) is 37.6 Å². The molecule has 26 heavy (non-hydrogen) atoms. The van der Waals surface area contributed by atoms with E-state index in [-0.39, 0.29) is 11.8 Å². The number of piperidine rings is 1. The minimum absolute atomic E-state index is 0.00573. The summed E-state index contributed by atoms with van der Waals surface area (Å²) in [6, 6.07) is 3.56. The molecule has 3 aromatic rings. The summed E-state index contributed by atoms with van der Waals surface area (Å²) in [5.41, 5.74) is 2.21. The Hall–Kier alpha value is -3.16. The first kappa shape index (κ1) is 16.3. The maximum absolute atomic E-state index is 12.7. The van der Waals surface area contributed by atoms with Gasteiger partial charge < -0.3 is 9.42 Å². The van der Waals surface area contributed by atoms with Crippen molar-refractivity contribution in [3.63, 3.8) is 0 Å². The Labute approximate surface area is 150 Å². The lowest BCUT2D eigenvalue weighted by molar-refractivity contribution is 0.0705. The number of likely N-dealkylation sites (tertiary alicyclic amines) is 1. The zero-order valence-corrected chi connectivity index (χ0v) is 14.4. The van der Waals surface area contributed by atoms with Crippen LogP contribution in [0.3, 0.4) is 0 Å². The van der Waals surface area contributed by atoms with Crippen LogP contribution < -0.4 is 0 Å². The first-order valence-corrected chi connectivity index (χ1v) is 8.52. The van der Waals surface area contributed by atoms with Crippen LogP contribution in [0.15, 0.2) is 41.6 Å². The van der Waals surface area contributed by atoms with Crippen LogP contribution in [0.2, 0.25) is 0 Å². The zero-order valence-electron chi connectivity index (χ0n) is 14.4. The Morgan fingerprint density at radius 1 is 1.31 bits per heavy atom. The summed E-state index contributed by atoms with van der Waals surface area (Å²) >= 11 is 0. The molecule has 0 N–H and O–H groups in total. The quantitative estimate of drug-likeness (QED) is 0.714. The summed E-state index contributed by atoms with van der Waals surface area (Å²) in [5.74, 6) is 1.07. The van der Waals surface area contributed by atoms with Crippen molar-refractivity contribution in [3.8, 4) is 11.4 Å². The molecule has 8 nitrogen and oxygen atoms in total. The standard InChI is InChI=1S/C18H18N6O2/c1-12-22-17(23-26-12)15-9-20-11-21-16(15)14-5-3-7-24(10-14)18(25)13-4-2-6-19-8-13/h2,4,6,8-9,11,14H,3,5,7,10H2,1H3. The lowest BCUT2D eigenvalue weighted by Gasteiger charge is -2.33. The lowest BCUT2D eigenvalue weighted by atomic mass is 9.91. The highest BCUT2D eigenvalue weighted by Crippen LogP contribution is 2.31. The topological polar surface area (TPSA) is 97.9 Å². The number of aryl methyl sites for hydroxylation is 1. The first-order chi connectivity index (χ1) is 12.7. The molecule has 1 amide bonds. The van der Waals surface area contributed by atoms with Gasteiger partial charge in [0.15, 0.2) is 0 Å². The molecule has 0 aliphatic carbocycles. The number of rotatable bonds is 3. The van der Waals surface area contributed by atoms with Crippen LogP contribution in [-0.4, -0.2) is 49.0 Å². The number of nitrogens with zero attached hydrogens (tertiary/aromatic N) is 6. The van der Waals surface area contributed by atoms with Gasteiger partial charge in [-0.15, -0.1) is 0 Å². The number of amides is 1. The maximum atomic E-state index is 12.7. The van der Waals surface area contributed by atoms with Crippen LogP contribution in [0.5, 0.6) is 0 Å². The third kappa shape index (κ3) is 3.17. The van der Waals surface area contributed by atoms with Crippen molar-refractivity contribution < 1.29 is 9.32 Å². The van der Waals surface area contributed by atoms with Crippen molar-refractivity contribution in [2.45, 2.75) is 25.7 Å². The van der Waals surface area contributed by atoms with Gasteiger partial charge in [-0.1, -0.05) is 5.16 Å². The van der Waals surface area contributed by atoms with Gasteiger partial charge in [-0.05, 0) is 25.0 Å². The average molecular weight is 350 g/mol. The molecule has 1 saturated heterocycles. The molecule has 0 saturated carbocycles. The van der Waals surface area contributed by atoms with Gasteiger partial charge in [-0.25, -0.2) is 9.97 Å². The summed E-state index contributed by atoms with van der Waals surface area (Å²) in [5, 5.41) is 3.99. The number of aromatic nitrogens is 5. The summed E-state index contributed by atoms with van der Waals surface area (Å²) in [4.78, 5) is 31.5. The number of hydrogen-bond donors (Lipinski definition) is 0. The molecular weight excluding hydrogens is 332 g/mol. The molecule has 132 valence electrons. The monoisotopic (exact) mass is 350 g/mol. The molecule has 1 aliphatic heterocycles. The molecule has 0 spiro atoms. The zero-order chi connectivity index (χ0) is 17.9. The van der Waals surface area contributed by atoms with E-state index in [2.05, 4.69) is 25.1 Å². The largest absolute Gasteiger partial charge is 0.339 e. The third-order valence-corrected chi connectivity index (χ3v) is 4.52. The van der Waals surface area contributed by atoms with Crippen molar-refractivity contribution in [2.75, 3.05) is 13.1 Å². The Balaban J connectivity index is 1.60. The van der Waals surface area contributed by atoms with E-state index in [1.807, 2.05) is 4.90 Å². The molecule has 1 unspecified atom stereocenters. The van der Waals surface area contributed by atoms with Crippen LogP contribution in [-0.2, 0) is 0 Å². The molecule has 0 bridgehead atoms.